The fourth-order valence-corrected chi connectivity index (χ4v) is 2.19. The summed E-state index contributed by atoms with van der Waals surface area (Å²) in [5.41, 5.74) is 2.25. The normalized spacial score (nSPS) is 14.6. The van der Waals surface area contributed by atoms with Crippen LogP contribution in [0.3, 0.4) is 0 Å². The molecule has 1 aliphatic carbocycles. The van der Waals surface area contributed by atoms with Gasteiger partial charge in [-0.2, -0.15) is 0 Å². The van der Waals surface area contributed by atoms with Gasteiger partial charge in [0.25, 0.3) is 0 Å². The molecule has 1 aromatic carbocycles. The third-order valence-corrected chi connectivity index (χ3v) is 3.13. The molecule has 0 amide bonds. The number of allylic oxidation sites excluding steroid dienone is 2. The number of para-hydroxylation sites is 1. The summed E-state index contributed by atoms with van der Waals surface area (Å²) in [5.74, 6) is -1.47. The molecule has 0 aromatic heterocycles. The van der Waals surface area contributed by atoms with Crippen LogP contribution in [0.2, 0.25) is 0 Å². The quantitative estimate of drug-likeness (QED) is 0.629. The highest BCUT2D eigenvalue weighted by atomic mass is 16.4. The molecular weight excluding hydrogens is 242 g/mol. The molecule has 0 unspecified atom stereocenters. The van der Waals surface area contributed by atoms with Crippen molar-refractivity contribution in [3.8, 4) is 0 Å². The van der Waals surface area contributed by atoms with Gasteiger partial charge in [0.2, 0.25) is 0 Å². The van der Waals surface area contributed by atoms with Crippen molar-refractivity contribution < 1.29 is 14.7 Å². The maximum atomic E-state index is 11.9. The number of hydrogen-bond donors (Lipinski definition) is 2. The molecule has 0 radical (unpaired) electrons. The van der Waals surface area contributed by atoms with Crippen molar-refractivity contribution >= 4 is 17.4 Å². The SMILES string of the molecule is O=C(O)CC(=O)c1ccccc1NC1=CCCCC1. The summed E-state index contributed by atoms with van der Waals surface area (Å²) in [5, 5.41) is 12.0. The van der Waals surface area contributed by atoms with E-state index in [1.54, 1.807) is 12.1 Å². The fourth-order valence-electron chi connectivity index (χ4n) is 2.19. The van der Waals surface area contributed by atoms with Crippen LogP contribution in [0.4, 0.5) is 5.69 Å². The summed E-state index contributed by atoms with van der Waals surface area (Å²) < 4.78 is 0. The number of carboxylic acids is 1. The predicted octanol–water partition coefficient (Wildman–Crippen LogP) is 3.21. The first kappa shape index (κ1) is 13.3. The van der Waals surface area contributed by atoms with Gasteiger partial charge in [0.15, 0.2) is 5.78 Å². The van der Waals surface area contributed by atoms with Gasteiger partial charge in [0.1, 0.15) is 6.42 Å². The number of carbonyl (C=O) groups excluding carboxylic acids is 1. The molecule has 2 N–H and O–H groups in total. The van der Waals surface area contributed by atoms with Crippen LogP contribution in [0.5, 0.6) is 0 Å². The molecule has 0 aliphatic heterocycles. The Hall–Kier alpha value is -2.10. The van der Waals surface area contributed by atoms with Crippen LogP contribution in [-0.4, -0.2) is 16.9 Å². The van der Waals surface area contributed by atoms with Crippen molar-refractivity contribution in [1.29, 1.82) is 0 Å². The molecule has 1 aliphatic rings. The molecule has 1 aromatic rings. The highest BCUT2D eigenvalue weighted by Crippen LogP contribution is 2.23. The van der Waals surface area contributed by atoms with E-state index in [1.807, 2.05) is 12.1 Å². The van der Waals surface area contributed by atoms with Crippen LogP contribution in [-0.2, 0) is 4.79 Å². The van der Waals surface area contributed by atoms with Gasteiger partial charge >= 0.3 is 5.97 Å². The number of rotatable bonds is 5. The number of ketones is 1. The molecule has 4 heteroatoms. The van der Waals surface area contributed by atoms with Crippen molar-refractivity contribution in [2.75, 3.05) is 5.32 Å². The third-order valence-electron chi connectivity index (χ3n) is 3.13. The van der Waals surface area contributed by atoms with E-state index in [2.05, 4.69) is 11.4 Å². The minimum absolute atomic E-state index is 0.369. The number of benzene rings is 1. The molecule has 100 valence electrons. The van der Waals surface area contributed by atoms with Gasteiger partial charge in [0, 0.05) is 16.9 Å². The van der Waals surface area contributed by atoms with Crippen LogP contribution >= 0.6 is 0 Å². The van der Waals surface area contributed by atoms with Crippen LogP contribution < -0.4 is 5.32 Å². The van der Waals surface area contributed by atoms with E-state index in [0.717, 1.165) is 25.0 Å². The van der Waals surface area contributed by atoms with E-state index in [0.29, 0.717) is 11.3 Å². The fraction of sp³-hybridized carbons (Fsp3) is 0.333. The zero-order valence-electron chi connectivity index (χ0n) is 10.7. The molecule has 0 spiro atoms. The average Bonchev–Trinajstić information content (AvgIpc) is 2.39. The molecule has 0 atom stereocenters. The van der Waals surface area contributed by atoms with Crippen molar-refractivity contribution in [3.63, 3.8) is 0 Å². The summed E-state index contributed by atoms with van der Waals surface area (Å²) in [6.45, 7) is 0. The Morgan fingerprint density at radius 3 is 2.68 bits per heavy atom. The first-order valence-corrected chi connectivity index (χ1v) is 6.47. The van der Waals surface area contributed by atoms with Crippen LogP contribution in [0.15, 0.2) is 36.0 Å². The summed E-state index contributed by atoms with van der Waals surface area (Å²) in [4.78, 5) is 22.5. The minimum atomic E-state index is -1.10. The van der Waals surface area contributed by atoms with Gasteiger partial charge in [0.05, 0.1) is 0 Å². The zero-order chi connectivity index (χ0) is 13.7. The lowest BCUT2D eigenvalue weighted by atomic mass is 10.0. The number of nitrogens with one attached hydrogen (secondary N) is 1. The summed E-state index contributed by atoms with van der Waals surface area (Å²) in [6.07, 6.45) is 6.03. The van der Waals surface area contributed by atoms with Crippen LogP contribution in [0, 0.1) is 0 Å². The van der Waals surface area contributed by atoms with Gasteiger partial charge in [-0.25, -0.2) is 0 Å². The monoisotopic (exact) mass is 259 g/mol. The maximum Gasteiger partial charge on any atom is 0.311 e. The van der Waals surface area contributed by atoms with Crippen LogP contribution in [0.25, 0.3) is 0 Å². The van der Waals surface area contributed by atoms with Gasteiger partial charge in [-0.05, 0) is 37.8 Å². The molecule has 19 heavy (non-hydrogen) atoms. The van der Waals surface area contributed by atoms with E-state index >= 15 is 0 Å². The van der Waals surface area contributed by atoms with Crippen molar-refractivity contribution in [1.82, 2.24) is 0 Å². The highest BCUT2D eigenvalue weighted by molar-refractivity contribution is 6.08. The molecular formula is C15H17NO3. The minimum Gasteiger partial charge on any atom is -0.481 e. The van der Waals surface area contributed by atoms with E-state index in [1.165, 1.54) is 6.42 Å². The second kappa shape index (κ2) is 6.18. The van der Waals surface area contributed by atoms with Crippen molar-refractivity contribution in [2.24, 2.45) is 0 Å². The lowest BCUT2D eigenvalue weighted by molar-refractivity contribution is -0.135. The second-order valence-electron chi connectivity index (χ2n) is 4.64. The second-order valence-corrected chi connectivity index (χ2v) is 4.64. The van der Waals surface area contributed by atoms with Gasteiger partial charge in [-0.3, -0.25) is 9.59 Å². The summed E-state index contributed by atoms with van der Waals surface area (Å²) >= 11 is 0. The molecule has 0 saturated carbocycles. The number of carbonyl (C=O) groups is 2. The first-order chi connectivity index (χ1) is 9.16. The number of anilines is 1. The predicted molar refractivity (Wildman–Crippen MR) is 73.2 cm³/mol. The Bertz CT molecular complexity index is 520. The summed E-state index contributed by atoms with van der Waals surface area (Å²) in [6, 6.07) is 7.06. The molecule has 0 saturated heterocycles. The Kier molecular flexibility index (Phi) is 4.34. The third kappa shape index (κ3) is 3.68. The number of hydrogen-bond acceptors (Lipinski definition) is 3. The van der Waals surface area contributed by atoms with Crippen molar-refractivity contribution in [3.05, 3.63) is 41.6 Å². The van der Waals surface area contributed by atoms with Gasteiger partial charge in [-0.1, -0.05) is 18.2 Å². The van der Waals surface area contributed by atoms with Gasteiger partial charge in [-0.15, -0.1) is 0 Å². The zero-order valence-corrected chi connectivity index (χ0v) is 10.7. The lowest BCUT2D eigenvalue weighted by Crippen LogP contribution is -2.11. The Labute approximate surface area is 112 Å². The van der Waals surface area contributed by atoms with Gasteiger partial charge < -0.3 is 10.4 Å². The van der Waals surface area contributed by atoms with E-state index in [9.17, 15) is 9.59 Å². The molecule has 2 rings (SSSR count). The highest BCUT2D eigenvalue weighted by Gasteiger charge is 2.15. The Balaban J connectivity index is 2.18. The number of Topliss-reactive ketones (excluding diaryl/α,β-unsaturated/α-hetero) is 1. The lowest BCUT2D eigenvalue weighted by Gasteiger charge is -2.17. The number of carboxylic acid groups (broad SMARTS) is 1. The maximum absolute atomic E-state index is 11.9. The van der Waals surface area contributed by atoms with E-state index in [4.69, 9.17) is 5.11 Å². The molecule has 0 bridgehead atoms. The van der Waals surface area contributed by atoms with Crippen LogP contribution in [0.1, 0.15) is 42.5 Å². The Morgan fingerprint density at radius 2 is 2.00 bits per heavy atom. The summed E-state index contributed by atoms with van der Waals surface area (Å²) in [7, 11) is 0. The molecule has 0 heterocycles. The Morgan fingerprint density at radius 1 is 1.21 bits per heavy atom. The average molecular weight is 259 g/mol. The number of aliphatic carboxylic acids is 1. The van der Waals surface area contributed by atoms with E-state index < -0.39 is 12.4 Å². The van der Waals surface area contributed by atoms with Crippen molar-refractivity contribution in [2.45, 2.75) is 32.1 Å². The topological polar surface area (TPSA) is 66.4 Å². The largest absolute Gasteiger partial charge is 0.481 e. The molecule has 4 nitrogen and oxygen atoms in total. The molecule has 0 fully saturated rings. The first-order valence-electron chi connectivity index (χ1n) is 6.47. The standard InChI is InChI=1S/C15H17NO3/c17-14(10-15(18)19)12-8-4-5-9-13(12)16-11-6-2-1-3-7-11/h4-6,8-9,16H,1-3,7,10H2,(H,18,19). The van der Waals surface area contributed by atoms with E-state index in [-0.39, 0.29) is 5.78 Å². The smallest absolute Gasteiger partial charge is 0.311 e.